The smallest absolute Gasteiger partial charge is 0.254 e. The third-order valence-electron chi connectivity index (χ3n) is 2.63. The molecule has 0 aliphatic rings. The largest absolute Gasteiger partial charge is 0.348 e. The van der Waals surface area contributed by atoms with Gasteiger partial charge in [-0.15, -0.1) is 0 Å². The molecule has 0 spiro atoms. The highest BCUT2D eigenvalue weighted by Gasteiger charge is 2.14. The van der Waals surface area contributed by atoms with Gasteiger partial charge in [-0.3, -0.25) is 4.79 Å². The van der Waals surface area contributed by atoms with Gasteiger partial charge >= 0.3 is 0 Å². The first-order valence-electron chi connectivity index (χ1n) is 5.65. The van der Waals surface area contributed by atoms with Crippen molar-refractivity contribution in [2.24, 2.45) is 0 Å². The quantitative estimate of drug-likeness (QED) is 0.920. The molecule has 1 amide bonds. The van der Waals surface area contributed by atoms with Gasteiger partial charge < -0.3 is 5.32 Å². The zero-order valence-corrected chi connectivity index (χ0v) is 10.8. The van der Waals surface area contributed by atoms with E-state index in [0.717, 1.165) is 12.1 Å². The normalized spacial score (nSPS) is 10.4. The van der Waals surface area contributed by atoms with Crippen LogP contribution < -0.4 is 5.32 Å². The van der Waals surface area contributed by atoms with Crippen LogP contribution >= 0.6 is 11.6 Å². The lowest BCUT2D eigenvalue weighted by Gasteiger charge is -2.07. The molecule has 0 fully saturated rings. The van der Waals surface area contributed by atoms with Gasteiger partial charge in [0.1, 0.15) is 5.82 Å². The molecule has 2 aromatic rings. The zero-order chi connectivity index (χ0) is 14.7. The van der Waals surface area contributed by atoms with E-state index in [2.05, 4.69) is 5.32 Å². The highest BCUT2D eigenvalue weighted by Crippen LogP contribution is 2.16. The fourth-order valence-corrected chi connectivity index (χ4v) is 1.81. The molecule has 2 aromatic carbocycles. The van der Waals surface area contributed by atoms with Crippen molar-refractivity contribution < 1.29 is 18.0 Å². The maximum Gasteiger partial charge on any atom is 0.254 e. The minimum absolute atomic E-state index is 0.0226. The van der Waals surface area contributed by atoms with E-state index in [0.29, 0.717) is 5.56 Å². The van der Waals surface area contributed by atoms with Gasteiger partial charge in [-0.2, -0.15) is 0 Å². The first kappa shape index (κ1) is 14.4. The maximum atomic E-state index is 13.4. The van der Waals surface area contributed by atoms with Crippen molar-refractivity contribution in [3.05, 3.63) is 70.0 Å². The van der Waals surface area contributed by atoms with E-state index in [1.54, 1.807) is 0 Å². The Kier molecular flexibility index (Phi) is 4.29. The monoisotopic (exact) mass is 299 g/mol. The molecule has 0 atom stereocenters. The number of halogens is 4. The molecule has 0 bridgehead atoms. The molecule has 0 radical (unpaired) electrons. The van der Waals surface area contributed by atoms with Crippen molar-refractivity contribution in [2.45, 2.75) is 6.54 Å². The van der Waals surface area contributed by atoms with Crippen LogP contribution in [0.2, 0.25) is 5.02 Å². The molecule has 0 unspecified atom stereocenters. The zero-order valence-electron chi connectivity index (χ0n) is 10.1. The van der Waals surface area contributed by atoms with Gasteiger partial charge in [0.25, 0.3) is 5.91 Å². The molecule has 104 valence electrons. The van der Waals surface area contributed by atoms with Crippen molar-refractivity contribution in [2.75, 3.05) is 0 Å². The summed E-state index contributed by atoms with van der Waals surface area (Å²) in [6.45, 7) is 0.0226. The summed E-state index contributed by atoms with van der Waals surface area (Å²) in [5.41, 5.74) is 0.153. The molecule has 0 saturated heterocycles. The lowest BCUT2D eigenvalue weighted by Crippen LogP contribution is -2.24. The van der Waals surface area contributed by atoms with E-state index < -0.39 is 28.9 Å². The second-order valence-corrected chi connectivity index (χ2v) is 4.44. The van der Waals surface area contributed by atoms with Gasteiger partial charge in [-0.25, -0.2) is 13.2 Å². The molecule has 0 heterocycles. The van der Waals surface area contributed by atoms with Gasteiger partial charge in [0, 0.05) is 6.54 Å². The average molecular weight is 300 g/mol. The second-order valence-electron chi connectivity index (χ2n) is 4.03. The van der Waals surface area contributed by atoms with Crippen molar-refractivity contribution in [3.8, 4) is 0 Å². The van der Waals surface area contributed by atoms with Crippen molar-refractivity contribution in [1.29, 1.82) is 0 Å². The van der Waals surface area contributed by atoms with Crippen LogP contribution in [-0.4, -0.2) is 5.91 Å². The molecule has 2 nitrogen and oxygen atoms in total. The van der Waals surface area contributed by atoms with E-state index in [9.17, 15) is 18.0 Å². The molecular weight excluding hydrogens is 291 g/mol. The number of carbonyl (C=O) groups excluding carboxylic acids is 1. The molecule has 2 rings (SSSR count). The standard InChI is InChI=1S/C14H9ClF3NO/c15-10-6-8(4-5-11(10)16)7-19-14(20)9-2-1-3-12(17)13(9)18/h1-6H,7H2,(H,19,20). The first-order valence-corrected chi connectivity index (χ1v) is 6.03. The molecule has 0 aliphatic heterocycles. The van der Waals surface area contributed by atoms with Crippen LogP contribution in [0.3, 0.4) is 0 Å². The summed E-state index contributed by atoms with van der Waals surface area (Å²) >= 11 is 5.59. The van der Waals surface area contributed by atoms with E-state index in [4.69, 9.17) is 11.6 Å². The Morgan fingerprint density at radius 3 is 2.55 bits per heavy atom. The third kappa shape index (κ3) is 3.11. The fraction of sp³-hybridized carbons (Fsp3) is 0.0714. The molecule has 20 heavy (non-hydrogen) atoms. The van der Waals surface area contributed by atoms with Crippen molar-refractivity contribution >= 4 is 17.5 Å². The van der Waals surface area contributed by atoms with Gasteiger partial charge in [-0.05, 0) is 29.8 Å². The highest BCUT2D eigenvalue weighted by atomic mass is 35.5. The van der Waals surface area contributed by atoms with Crippen LogP contribution in [0.1, 0.15) is 15.9 Å². The SMILES string of the molecule is O=C(NCc1ccc(F)c(Cl)c1)c1cccc(F)c1F. The summed E-state index contributed by atoms with van der Waals surface area (Å²) in [5.74, 6) is -3.63. The van der Waals surface area contributed by atoms with Crippen molar-refractivity contribution in [3.63, 3.8) is 0 Å². The van der Waals surface area contributed by atoms with Crippen LogP contribution in [0.5, 0.6) is 0 Å². The number of nitrogens with one attached hydrogen (secondary N) is 1. The van der Waals surface area contributed by atoms with E-state index in [1.807, 2.05) is 0 Å². The Labute approximate surface area is 118 Å². The first-order chi connectivity index (χ1) is 9.49. The topological polar surface area (TPSA) is 29.1 Å². The molecule has 1 N–H and O–H groups in total. The molecule has 0 saturated carbocycles. The van der Waals surface area contributed by atoms with Gasteiger partial charge in [0.15, 0.2) is 11.6 Å². The number of hydrogen-bond donors (Lipinski definition) is 1. The molecule has 6 heteroatoms. The van der Waals surface area contributed by atoms with Crippen LogP contribution in [0.25, 0.3) is 0 Å². The third-order valence-corrected chi connectivity index (χ3v) is 2.92. The number of hydrogen-bond acceptors (Lipinski definition) is 1. The highest BCUT2D eigenvalue weighted by molar-refractivity contribution is 6.30. The van der Waals surface area contributed by atoms with Crippen LogP contribution in [0, 0.1) is 17.5 Å². The lowest BCUT2D eigenvalue weighted by molar-refractivity contribution is 0.0946. The molecule has 0 aromatic heterocycles. The Morgan fingerprint density at radius 1 is 1.10 bits per heavy atom. The maximum absolute atomic E-state index is 13.4. The Balaban J connectivity index is 2.08. The Bertz CT molecular complexity index is 661. The lowest BCUT2D eigenvalue weighted by atomic mass is 10.1. The number of rotatable bonds is 3. The van der Waals surface area contributed by atoms with Gasteiger partial charge in [0.2, 0.25) is 0 Å². The molecular formula is C14H9ClF3NO. The van der Waals surface area contributed by atoms with E-state index in [-0.39, 0.29) is 11.6 Å². The fourth-order valence-electron chi connectivity index (χ4n) is 1.61. The number of benzene rings is 2. The number of amides is 1. The predicted molar refractivity (Wildman–Crippen MR) is 68.9 cm³/mol. The molecule has 0 aliphatic carbocycles. The summed E-state index contributed by atoms with van der Waals surface area (Å²) in [7, 11) is 0. The van der Waals surface area contributed by atoms with Crippen LogP contribution in [0.4, 0.5) is 13.2 Å². The van der Waals surface area contributed by atoms with Gasteiger partial charge in [0.05, 0.1) is 10.6 Å². The summed E-state index contributed by atoms with van der Waals surface area (Å²) in [6, 6.07) is 7.27. The van der Waals surface area contributed by atoms with E-state index in [1.165, 1.54) is 24.3 Å². The van der Waals surface area contributed by atoms with E-state index >= 15 is 0 Å². The Hall–Kier alpha value is -2.01. The van der Waals surface area contributed by atoms with Crippen molar-refractivity contribution in [1.82, 2.24) is 5.32 Å². The van der Waals surface area contributed by atoms with Crippen LogP contribution in [0.15, 0.2) is 36.4 Å². The summed E-state index contributed by atoms with van der Waals surface area (Å²) in [6.07, 6.45) is 0. The minimum Gasteiger partial charge on any atom is -0.348 e. The summed E-state index contributed by atoms with van der Waals surface area (Å²) in [4.78, 5) is 11.7. The second kappa shape index (κ2) is 5.96. The van der Waals surface area contributed by atoms with Gasteiger partial charge in [-0.1, -0.05) is 23.7 Å². The summed E-state index contributed by atoms with van der Waals surface area (Å²) in [5, 5.41) is 2.33. The predicted octanol–water partition coefficient (Wildman–Crippen LogP) is 3.69. The summed E-state index contributed by atoms with van der Waals surface area (Å²) < 4.78 is 39.3. The van der Waals surface area contributed by atoms with Crippen LogP contribution in [-0.2, 0) is 6.54 Å². The number of carbonyl (C=O) groups is 1. The average Bonchev–Trinajstić information content (AvgIpc) is 2.43. The Morgan fingerprint density at radius 2 is 1.85 bits per heavy atom. The minimum atomic E-state index is -1.21.